The highest BCUT2D eigenvalue weighted by Crippen LogP contribution is 2.13. The maximum atomic E-state index is 11.8. The molecular formula is C26H36O10. The zero-order valence-electron chi connectivity index (χ0n) is 20.9. The second-order valence-corrected chi connectivity index (χ2v) is 8.73. The molecule has 0 aliphatic rings. The predicted octanol–water partition coefficient (Wildman–Crippen LogP) is 2.89. The van der Waals surface area contributed by atoms with Crippen LogP contribution in [0.2, 0.25) is 0 Å². The summed E-state index contributed by atoms with van der Waals surface area (Å²) in [5.41, 5.74) is 0. The van der Waals surface area contributed by atoms with Gasteiger partial charge in [0, 0.05) is 6.42 Å². The number of carboxylic acid groups (broad SMARTS) is 1. The van der Waals surface area contributed by atoms with Crippen molar-refractivity contribution in [3.63, 3.8) is 0 Å². The second kappa shape index (κ2) is 19.1. The van der Waals surface area contributed by atoms with Gasteiger partial charge in [0.15, 0.2) is 0 Å². The van der Waals surface area contributed by atoms with E-state index in [1.165, 1.54) is 57.8 Å². The van der Waals surface area contributed by atoms with Gasteiger partial charge >= 0.3 is 11.8 Å². The minimum absolute atomic E-state index is 0.294. The molecule has 0 fully saturated rings. The number of unbranched alkanes of at least 4 members (excludes halogenated alkanes) is 14. The second-order valence-electron chi connectivity index (χ2n) is 8.73. The smallest absolute Gasteiger partial charge is 0.380 e. The van der Waals surface area contributed by atoms with Crippen LogP contribution in [0.5, 0.6) is 0 Å². The summed E-state index contributed by atoms with van der Waals surface area (Å²) in [5, 5.41) is 8.34. The van der Waals surface area contributed by atoms with Crippen LogP contribution in [0.4, 0.5) is 0 Å². The maximum absolute atomic E-state index is 11.8. The molecule has 0 saturated carbocycles. The van der Waals surface area contributed by atoms with Gasteiger partial charge in [-0.05, 0) is 6.42 Å². The Morgan fingerprint density at radius 1 is 0.389 bits per heavy atom. The number of Topliss-reactive ketones (excluding diaryl/α,β-unsaturated/α-hetero) is 8. The third-order valence-corrected chi connectivity index (χ3v) is 5.69. The summed E-state index contributed by atoms with van der Waals surface area (Å²) in [6.07, 6.45) is 16.1. The minimum atomic E-state index is -2.36. The Labute approximate surface area is 210 Å². The number of carbonyl (C=O) groups excluding carboxylic acids is 8. The van der Waals surface area contributed by atoms with Gasteiger partial charge in [-0.25, -0.2) is 4.79 Å². The first kappa shape index (κ1) is 32.8. The van der Waals surface area contributed by atoms with Crippen molar-refractivity contribution in [1.29, 1.82) is 0 Å². The standard InChI is InChI=1S/C26H36O10/c1-2-3-4-5-6-7-8-9-10-11-12-13-14-15-16-17-18(27)19(28)20(29)21(30)22(31)23(32)24(33)25(34)26(35)36/h2-17H2,1H3,(H,35,36). The van der Waals surface area contributed by atoms with Crippen molar-refractivity contribution in [2.24, 2.45) is 0 Å². The van der Waals surface area contributed by atoms with E-state index in [2.05, 4.69) is 6.92 Å². The van der Waals surface area contributed by atoms with Crippen LogP contribution in [0.3, 0.4) is 0 Å². The van der Waals surface area contributed by atoms with Crippen LogP contribution in [-0.2, 0) is 43.2 Å². The largest absolute Gasteiger partial charge is 0.475 e. The van der Waals surface area contributed by atoms with E-state index in [9.17, 15) is 43.2 Å². The number of rotatable bonds is 24. The van der Waals surface area contributed by atoms with Gasteiger partial charge in [0.05, 0.1) is 0 Å². The Balaban J connectivity index is 4.05. The van der Waals surface area contributed by atoms with Crippen LogP contribution in [0.15, 0.2) is 0 Å². The highest BCUT2D eigenvalue weighted by molar-refractivity contribution is 7.00. The molecule has 0 aliphatic carbocycles. The average molecular weight is 509 g/mol. The quantitative estimate of drug-likeness (QED) is 0.116. The summed E-state index contributed by atoms with van der Waals surface area (Å²) >= 11 is 0. The molecule has 0 amide bonds. The zero-order valence-corrected chi connectivity index (χ0v) is 20.9. The van der Waals surface area contributed by atoms with Crippen molar-refractivity contribution in [2.75, 3.05) is 0 Å². The summed E-state index contributed by atoms with van der Waals surface area (Å²) in [5.74, 6) is -19.0. The van der Waals surface area contributed by atoms with Crippen LogP contribution in [0.1, 0.15) is 110 Å². The lowest BCUT2D eigenvalue weighted by atomic mass is 9.98. The normalized spacial score (nSPS) is 10.5. The SMILES string of the molecule is CCCCCCCCCCCCCCCCCC(=O)C(=O)C(=O)C(=O)C(=O)C(=O)C(=O)C(=O)C(=O)O. The number of carbonyl (C=O) groups is 9. The lowest BCUT2D eigenvalue weighted by molar-refractivity contribution is -0.157. The van der Waals surface area contributed by atoms with Gasteiger partial charge in [-0.1, -0.05) is 96.8 Å². The third-order valence-electron chi connectivity index (χ3n) is 5.69. The summed E-state index contributed by atoms with van der Waals surface area (Å²) in [7, 11) is 0. The van der Waals surface area contributed by atoms with Crippen molar-refractivity contribution >= 4 is 52.2 Å². The number of carboxylic acids is 1. The van der Waals surface area contributed by atoms with Crippen LogP contribution in [-0.4, -0.2) is 57.3 Å². The van der Waals surface area contributed by atoms with Gasteiger partial charge in [0.2, 0.25) is 5.78 Å². The monoisotopic (exact) mass is 508 g/mol. The Morgan fingerprint density at radius 2 is 0.667 bits per heavy atom. The Bertz CT molecular complexity index is 853. The van der Waals surface area contributed by atoms with Crippen LogP contribution >= 0.6 is 0 Å². The molecule has 0 aliphatic heterocycles. The zero-order chi connectivity index (χ0) is 27.5. The summed E-state index contributed by atoms with van der Waals surface area (Å²) < 4.78 is 0. The van der Waals surface area contributed by atoms with Crippen molar-refractivity contribution < 1.29 is 48.3 Å². The molecule has 10 nitrogen and oxygen atoms in total. The van der Waals surface area contributed by atoms with Crippen LogP contribution < -0.4 is 0 Å². The molecule has 0 heterocycles. The Hall–Kier alpha value is -3.17. The molecule has 0 aromatic rings. The number of hydrogen-bond donors (Lipinski definition) is 1. The van der Waals surface area contributed by atoms with Crippen molar-refractivity contribution in [3.05, 3.63) is 0 Å². The Kier molecular flexibility index (Phi) is 17.4. The van der Waals surface area contributed by atoms with E-state index in [-0.39, 0.29) is 6.42 Å². The van der Waals surface area contributed by atoms with Crippen molar-refractivity contribution in [2.45, 2.75) is 110 Å². The summed E-state index contributed by atoms with van der Waals surface area (Å²) in [4.78, 5) is 102. The van der Waals surface area contributed by atoms with Gasteiger partial charge < -0.3 is 5.11 Å². The molecule has 0 spiro atoms. The number of hydrogen-bond acceptors (Lipinski definition) is 9. The molecular weight excluding hydrogens is 472 g/mol. The molecule has 0 unspecified atom stereocenters. The fourth-order valence-corrected chi connectivity index (χ4v) is 3.51. The van der Waals surface area contributed by atoms with E-state index >= 15 is 0 Å². The maximum Gasteiger partial charge on any atom is 0.380 e. The van der Waals surface area contributed by atoms with E-state index < -0.39 is 52.2 Å². The van der Waals surface area contributed by atoms with Crippen molar-refractivity contribution in [1.82, 2.24) is 0 Å². The number of ketones is 8. The first-order valence-corrected chi connectivity index (χ1v) is 12.6. The lowest BCUT2D eigenvalue weighted by Crippen LogP contribution is -2.43. The van der Waals surface area contributed by atoms with Gasteiger partial charge in [-0.2, -0.15) is 0 Å². The molecule has 36 heavy (non-hydrogen) atoms. The molecule has 0 aromatic carbocycles. The van der Waals surface area contributed by atoms with Crippen LogP contribution in [0.25, 0.3) is 0 Å². The molecule has 0 aromatic heterocycles. The molecule has 0 saturated heterocycles. The molecule has 10 heteroatoms. The molecule has 0 rings (SSSR count). The fraction of sp³-hybridized carbons (Fsp3) is 0.654. The molecule has 0 radical (unpaired) electrons. The van der Waals surface area contributed by atoms with Gasteiger partial charge in [-0.3, -0.25) is 38.4 Å². The first-order chi connectivity index (χ1) is 17.1. The summed E-state index contributed by atoms with van der Waals surface area (Å²) in [6.45, 7) is 2.21. The van der Waals surface area contributed by atoms with Crippen LogP contribution in [0, 0.1) is 0 Å². The highest BCUT2D eigenvalue weighted by atomic mass is 16.4. The number of aliphatic carboxylic acids is 1. The van der Waals surface area contributed by atoms with Gasteiger partial charge in [0.25, 0.3) is 34.7 Å². The average Bonchev–Trinajstić information content (AvgIpc) is 2.87. The van der Waals surface area contributed by atoms with E-state index in [0.29, 0.717) is 12.8 Å². The molecule has 0 atom stereocenters. The lowest BCUT2D eigenvalue weighted by Gasteiger charge is -2.03. The van der Waals surface area contributed by atoms with E-state index in [1.807, 2.05) is 0 Å². The van der Waals surface area contributed by atoms with Gasteiger partial charge in [-0.15, -0.1) is 0 Å². The van der Waals surface area contributed by atoms with Crippen molar-refractivity contribution in [3.8, 4) is 0 Å². The van der Waals surface area contributed by atoms with E-state index in [0.717, 1.165) is 25.7 Å². The molecule has 1 N–H and O–H groups in total. The van der Waals surface area contributed by atoms with E-state index in [1.54, 1.807) is 0 Å². The minimum Gasteiger partial charge on any atom is -0.475 e. The van der Waals surface area contributed by atoms with E-state index in [4.69, 9.17) is 5.11 Å². The van der Waals surface area contributed by atoms with Gasteiger partial charge in [0.1, 0.15) is 0 Å². The third kappa shape index (κ3) is 13.1. The molecule has 0 bridgehead atoms. The fourth-order valence-electron chi connectivity index (χ4n) is 3.51. The first-order valence-electron chi connectivity index (χ1n) is 12.6. The highest BCUT2D eigenvalue weighted by Gasteiger charge is 2.41. The topological polar surface area (TPSA) is 174 Å². The Morgan fingerprint density at radius 3 is 1.00 bits per heavy atom. The predicted molar refractivity (Wildman–Crippen MR) is 127 cm³/mol. The molecule has 200 valence electrons. The summed E-state index contributed by atoms with van der Waals surface area (Å²) in [6, 6.07) is 0.